The van der Waals surface area contributed by atoms with Crippen molar-refractivity contribution < 1.29 is 0 Å². The van der Waals surface area contributed by atoms with Gasteiger partial charge in [-0.2, -0.15) is 0 Å². The molecule has 0 fully saturated rings. The van der Waals surface area contributed by atoms with Crippen molar-refractivity contribution in [2.45, 2.75) is 4.83 Å². The van der Waals surface area contributed by atoms with Crippen LogP contribution in [0.2, 0.25) is 0 Å². The van der Waals surface area contributed by atoms with E-state index in [1.807, 2.05) is 30.5 Å². The van der Waals surface area contributed by atoms with Crippen molar-refractivity contribution in [1.82, 2.24) is 4.98 Å². The lowest BCUT2D eigenvalue weighted by atomic mass is 10.1. The molecule has 1 unspecified atom stereocenters. The number of aromatic nitrogens is 1. The number of rotatable bonds is 2. The van der Waals surface area contributed by atoms with E-state index in [0.717, 1.165) is 5.69 Å². The second-order valence-corrected chi connectivity index (χ2v) is 4.04. The Morgan fingerprint density at radius 1 is 1.29 bits per heavy atom. The van der Waals surface area contributed by atoms with Crippen LogP contribution in [0.3, 0.4) is 0 Å². The fraction of sp³-hybridized carbons (Fsp3) is 0.0833. The van der Waals surface area contributed by atoms with E-state index in [4.69, 9.17) is 0 Å². The lowest BCUT2D eigenvalue weighted by Gasteiger charge is -2.07. The van der Waals surface area contributed by atoms with E-state index < -0.39 is 0 Å². The van der Waals surface area contributed by atoms with Crippen LogP contribution >= 0.6 is 15.9 Å². The molecule has 0 saturated heterocycles. The van der Waals surface area contributed by atoms with Gasteiger partial charge in [0.1, 0.15) is 0 Å². The molecule has 1 atom stereocenters. The highest BCUT2D eigenvalue weighted by Gasteiger charge is 2.07. The van der Waals surface area contributed by atoms with Crippen LogP contribution in [0.25, 0.3) is 10.8 Å². The van der Waals surface area contributed by atoms with Crippen LogP contribution in [0.15, 0.2) is 49.2 Å². The van der Waals surface area contributed by atoms with Crippen LogP contribution in [-0.4, -0.2) is 4.98 Å². The zero-order valence-electron chi connectivity index (χ0n) is 7.65. The molecule has 0 spiro atoms. The van der Waals surface area contributed by atoms with Gasteiger partial charge in [0, 0.05) is 11.6 Å². The average molecular weight is 248 g/mol. The zero-order chi connectivity index (χ0) is 9.97. The Labute approximate surface area is 91.6 Å². The summed E-state index contributed by atoms with van der Waals surface area (Å²) in [7, 11) is 0. The second kappa shape index (κ2) is 3.93. The molecular formula is C12H10BrN. The Hall–Kier alpha value is -1.15. The van der Waals surface area contributed by atoms with Gasteiger partial charge in [-0.3, -0.25) is 4.98 Å². The number of pyridine rings is 1. The van der Waals surface area contributed by atoms with Crippen molar-refractivity contribution in [3.63, 3.8) is 0 Å². The first-order valence-corrected chi connectivity index (χ1v) is 5.35. The number of allylic oxidation sites excluding steroid dienone is 1. The van der Waals surface area contributed by atoms with E-state index in [2.05, 4.69) is 39.6 Å². The topological polar surface area (TPSA) is 12.9 Å². The van der Waals surface area contributed by atoms with Crippen molar-refractivity contribution >= 4 is 26.7 Å². The molecule has 0 aliphatic heterocycles. The third-order valence-electron chi connectivity index (χ3n) is 2.17. The van der Waals surface area contributed by atoms with Crippen LogP contribution in [0.5, 0.6) is 0 Å². The smallest absolute Gasteiger partial charge is 0.0751 e. The van der Waals surface area contributed by atoms with E-state index in [9.17, 15) is 0 Å². The van der Waals surface area contributed by atoms with Gasteiger partial charge < -0.3 is 0 Å². The third kappa shape index (κ3) is 1.58. The minimum Gasteiger partial charge on any atom is -0.259 e. The summed E-state index contributed by atoms with van der Waals surface area (Å²) in [5.41, 5.74) is 1.03. The SMILES string of the molecule is C=CC(Br)c1nccc2ccccc12. The molecule has 1 aromatic carbocycles. The van der Waals surface area contributed by atoms with Gasteiger partial charge in [-0.1, -0.05) is 46.3 Å². The second-order valence-electron chi connectivity index (χ2n) is 3.05. The van der Waals surface area contributed by atoms with Gasteiger partial charge in [0.15, 0.2) is 0 Å². The van der Waals surface area contributed by atoms with Crippen molar-refractivity contribution in [1.29, 1.82) is 0 Å². The van der Waals surface area contributed by atoms with Gasteiger partial charge >= 0.3 is 0 Å². The van der Waals surface area contributed by atoms with E-state index in [1.54, 1.807) is 0 Å². The monoisotopic (exact) mass is 247 g/mol. The summed E-state index contributed by atoms with van der Waals surface area (Å²) in [5, 5.41) is 2.39. The Bertz CT molecular complexity index is 459. The summed E-state index contributed by atoms with van der Waals surface area (Å²) in [6, 6.07) is 10.2. The van der Waals surface area contributed by atoms with Crippen molar-refractivity contribution in [2.75, 3.05) is 0 Å². The molecule has 1 nitrogen and oxygen atoms in total. The molecule has 0 bridgehead atoms. The lowest BCUT2D eigenvalue weighted by Crippen LogP contribution is -1.91. The van der Waals surface area contributed by atoms with Crippen LogP contribution < -0.4 is 0 Å². The molecule has 2 aromatic rings. The summed E-state index contributed by atoms with van der Waals surface area (Å²) in [5.74, 6) is 0. The number of nitrogens with zero attached hydrogens (tertiary/aromatic N) is 1. The molecule has 0 saturated carbocycles. The van der Waals surface area contributed by atoms with E-state index in [0.29, 0.717) is 0 Å². The van der Waals surface area contributed by atoms with Gasteiger partial charge in [-0.25, -0.2) is 0 Å². The number of hydrogen-bond donors (Lipinski definition) is 0. The molecule has 2 heteroatoms. The predicted octanol–water partition coefficient (Wildman–Crippen LogP) is 3.86. The molecule has 1 heterocycles. The van der Waals surface area contributed by atoms with Crippen molar-refractivity contribution in [3.8, 4) is 0 Å². The number of fused-ring (bicyclic) bond motifs is 1. The molecular weight excluding hydrogens is 238 g/mol. The Morgan fingerprint density at radius 3 is 2.86 bits per heavy atom. The fourth-order valence-corrected chi connectivity index (χ4v) is 1.84. The van der Waals surface area contributed by atoms with Gasteiger partial charge in [-0.05, 0) is 11.5 Å². The normalized spacial score (nSPS) is 12.6. The highest BCUT2D eigenvalue weighted by Crippen LogP contribution is 2.28. The molecule has 0 aliphatic rings. The lowest BCUT2D eigenvalue weighted by molar-refractivity contribution is 1.13. The standard InChI is InChI=1S/C12H10BrN/c1-2-11(13)12-10-6-4-3-5-9(10)7-8-14-12/h2-8,11H,1H2. The summed E-state index contributed by atoms with van der Waals surface area (Å²) in [4.78, 5) is 4.48. The molecule has 2 rings (SSSR count). The Kier molecular flexibility index (Phi) is 2.64. The van der Waals surface area contributed by atoms with Crippen LogP contribution in [0.4, 0.5) is 0 Å². The van der Waals surface area contributed by atoms with E-state index in [1.165, 1.54) is 10.8 Å². The first-order valence-electron chi connectivity index (χ1n) is 4.43. The van der Waals surface area contributed by atoms with Crippen LogP contribution in [0, 0.1) is 0 Å². The van der Waals surface area contributed by atoms with Gasteiger partial charge in [0.2, 0.25) is 0 Å². The summed E-state index contributed by atoms with van der Waals surface area (Å²) >= 11 is 3.53. The number of benzene rings is 1. The molecule has 70 valence electrons. The Balaban J connectivity index is 2.70. The van der Waals surface area contributed by atoms with Gasteiger partial charge in [0.05, 0.1) is 10.5 Å². The molecule has 0 amide bonds. The molecule has 14 heavy (non-hydrogen) atoms. The van der Waals surface area contributed by atoms with Crippen molar-refractivity contribution in [3.05, 3.63) is 54.9 Å². The molecule has 1 aromatic heterocycles. The first kappa shape index (κ1) is 9.41. The summed E-state index contributed by atoms with van der Waals surface area (Å²) < 4.78 is 0. The maximum atomic E-state index is 4.36. The number of halogens is 1. The first-order chi connectivity index (χ1) is 6.83. The maximum Gasteiger partial charge on any atom is 0.0751 e. The fourth-order valence-electron chi connectivity index (χ4n) is 1.47. The minimum atomic E-state index is 0.119. The summed E-state index contributed by atoms with van der Waals surface area (Å²) in [6.45, 7) is 3.76. The zero-order valence-corrected chi connectivity index (χ0v) is 9.24. The van der Waals surface area contributed by atoms with Crippen LogP contribution in [-0.2, 0) is 0 Å². The van der Waals surface area contributed by atoms with Gasteiger partial charge in [-0.15, -0.1) is 6.58 Å². The van der Waals surface area contributed by atoms with Crippen LogP contribution in [0.1, 0.15) is 10.5 Å². The van der Waals surface area contributed by atoms with E-state index in [-0.39, 0.29) is 4.83 Å². The maximum absolute atomic E-state index is 4.36. The highest BCUT2D eigenvalue weighted by molar-refractivity contribution is 9.09. The average Bonchev–Trinajstić information content (AvgIpc) is 2.27. The molecule has 0 N–H and O–H groups in total. The highest BCUT2D eigenvalue weighted by atomic mass is 79.9. The van der Waals surface area contributed by atoms with E-state index >= 15 is 0 Å². The molecule has 0 aliphatic carbocycles. The minimum absolute atomic E-state index is 0.119. The predicted molar refractivity (Wildman–Crippen MR) is 63.6 cm³/mol. The third-order valence-corrected chi connectivity index (χ3v) is 2.98. The molecule has 0 radical (unpaired) electrons. The Morgan fingerprint density at radius 2 is 2.07 bits per heavy atom. The number of alkyl halides is 1. The quantitative estimate of drug-likeness (QED) is 0.581. The van der Waals surface area contributed by atoms with Crippen molar-refractivity contribution in [2.24, 2.45) is 0 Å². The van der Waals surface area contributed by atoms with Gasteiger partial charge in [0.25, 0.3) is 0 Å². The summed E-state index contributed by atoms with van der Waals surface area (Å²) in [6.07, 6.45) is 3.67. The number of hydrogen-bond acceptors (Lipinski definition) is 1. The largest absolute Gasteiger partial charge is 0.259 e.